The first-order valence-electron chi connectivity index (χ1n) is 8.36. The maximum absolute atomic E-state index is 12.1. The highest BCUT2D eigenvalue weighted by Gasteiger charge is 2.20. The van der Waals surface area contributed by atoms with Gasteiger partial charge in [0.05, 0.1) is 12.7 Å². The molecule has 2 atom stereocenters. The predicted molar refractivity (Wildman–Crippen MR) is 82.0 cm³/mol. The normalized spacial score (nSPS) is 27.1. The molecule has 0 spiro atoms. The molecule has 1 aliphatic heterocycles. The molecule has 1 fully saturated rings. The van der Waals surface area contributed by atoms with E-state index in [4.69, 9.17) is 4.74 Å². The molecule has 1 amide bonds. The Balaban J connectivity index is 2.52. The lowest BCUT2D eigenvalue weighted by Gasteiger charge is -2.26. The van der Waals surface area contributed by atoms with Crippen molar-refractivity contribution in [2.75, 3.05) is 26.3 Å². The molecule has 0 bridgehead atoms. The van der Waals surface area contributed by atoms with Crippen LogP contribution in [0.2, 0.25) is 0 Å². The van der Waals surface area contributed by atoms with Crippen molar-refractivity contribution in [3.63, 3.8) is 0 Å². The van der Waals surface area contributed by atoms with Crippen LogP contribution in [0.4, 0.5) is 0 Å². The molecular weight excluding hydrogens is 270 g/mol. The fraction of sp³-hybridized carbons (Fsp3) is 0.938. The Morgan fingerprint density at radius 2 is 1.81 bits per heavy atom. The SMILES string of the molecule is CCCC(=O)N1CCCCCCCOC[C@@H](O)[C@@H](O)CC1. The topological polar surface area (TPSA) is 70.0 Å². The Morgan fingerprint density at radius 3 is 2.57 bits per heavy atom. The van der Waals surface area contributed by atoms with Crippen molar-refractivity contribution in [3.8, 4) is 0 Å². The molecule has 0 aliphatic carbocycles. The van der Waals surface area contributed by atoms with Gasteiger partial charge in [-0.3, -0.25) is 4.79 Å². The first-order chi connectivity index (χ1) is 10.1. The number of carbonyl (C=O) groups is 1. The van der Waals surface area contributed by atoms with Gasteiger partial charge in [-0.1, -0.05) is 26.2 Å². The third kappa shape index (κ3) is 7.79. The smallest absolute Gasteiger partial charge is 0.222 e. The fourth-order valence-electron chi connectivity index (χ4n) is 2.57. The Morgan fingerprint density at radius 1 is 1.10 bits per heavy atom. The third-order valence-electron chi connectivity index (χ3n) is 3.96. The summed E-state index contributed by atoms with van der Waals surface area (Å²) in [4.78, 5) is 13.9. The van der Waals surface area contributed by atoms with Crippen LogP contribution >= 0.6 is 0 Å². The first-order valence-corrected chi connectivity index (χ1v) is 8.36. The maximum atomic E-state index is 12.1. The van der Waals surface area contributed by atoms with Gasteiger partial charge in [0.1, 0.15) is 6.10 Å². The second-order valence-corrected chi connectivity index (χ2v) is 5.90. The molecule has 1 saturated heterocycles. The Bertz CT molecular complexity index is 285. The van der Waals surface area contributed by atoms with Crippen molar-refractivity contribution in [2.24, 2.45) is 0 Å². The molecule has 5 heteroatoms. The van der Waals surface area contributed by atoms with E-state index >= 15 is 0 Å². The number of amides is 1. The van der Waals surface area contributed by atoms with Crippen LogP contribution in [0.3, 0.4) is 0 Å². The van der Waals surface area contributed by atoms with Gasteiger partial charge in [-0.2, -0.15) is 0 Å². The Hall–Kier alpha value is -0.650. The molecule has 1 aliphatic rings. The molecular formula is C16H31NO4. The highest BCUT2D eigenvalue weighted by atomic mass is 16.5. The summed E-state index contributed by atoms with van der Waals surface area (Å²) < 4.78 is 5.38. The standard InChI is InChI=1S/C16H31NO4/c1-2-8-16(20)17-10-6-4-3-5-7-12-21-13-15(19)14(18)9-11-17/h14-15,18-19H,2-13H2,1H3/t14-,15+/m0/s1. The lowest BCUT2D eigenvalue weighted by atomic mass is 10.1. The second kappa shape index (κ2) is 11.0. The van der Waals surface area contributed by atoms with Gasteiger partial charge in [0.25, 0.3) is 0 Å². The summed E-state index contributed by atoms with van der Waals surface area (Å²) >= 11 is 0. The minimum absolute atomic E-state index is 0.155. The van der Waals surface area contributed by atoms with E-state index in [0.29, 0.717) is 26.0 Å². The Labute approximate surface area is 128 Å². The van der Waals surface area contributed by atoms with Gasteiger partial charge in [-0.25, -0.2) is 0 Å². The van der Waals surface area contributed by atoms with Gasteiger partial charge < -0.3 is 19.8 Å². The summed E-state index contributed by atoms with van der Waals surface area (Å²) in [6.07, 6.45) is 5.50. The maximum Gasteiger partial charge on any atom is 0.222 e. The summed E-state index contributed by atoms with van der Waals surface area (Å²) in [7, 11) is 0. The molecule has 0 aromatic rings. The molecule has 0 unspecified atom stereocenters. The quantitative estimate of drug-likeness (QED) is 0.814. The number of hydrogen-bond acceptors (Lipinski definition) is 4. The van der Waals surface area contributed by atoms with Crippen molar-refractivity contribution >= 4 is 5.91 Å². The van der Waals surface area contributed by atoms with Crippen molar-refractivity contribution in [2.45, 2.75) is 70.5 Å². The average molecular weight is 301 g/mol. The van der Waals surface area contributed by atoms with Crippen LogP contribution in [-0.4, -0.2) is 59.5 Å². The van der Waals surface area contributed by atoms with Gasteiger partial charge in [0.15, 0.2) is 0 Å². The molecule has 0 radical (unpaired) electrons. The van der Waals surface area contributed by atoms with Gasteiger partial charge >= 0.3 is 0 Å². The highest BCUT2D eigenvalue weighted by molar-refractivity contribution is 5.76. The van der Waals surface area contributed by atoms with E-state index in [2.05, 4.69) is 0 Å². The van der Waals surface area contributed by atoms with Crippen molar-refractivity contribution in [3.05, 3.63) is 0 Å². The van der Waals surface area contributed by atoms with E-state index in [1.165, 1.54) is 0 Å². The molecule has 0 aromatic carbocycles. The van der Waals surface area contributed by atoms with Crippen LogP contribution in [0.1, 0.15) is 58.3 Å². The number of rotatable bonds is 2. The molecule has 0 aromatic heterocycles. The minimum Gasteiger partial charge on any atom is -0.390 e. The lowest BCUT2D eigenvalue weighted by Crippen LogP contribution is -2.38. The number of hydrogen-bond donors (Lipinski definition) is 2. The van der Waals surface area contributed by atoms with Gasteiger partial charge in [-0.15, -0.1) is 0 Å². The lowest BCUT2D eigenvalue weighted by molar-refractivity contribution is -0.132. The van der Waals surface area contributed by atoms with E-state index < -0.39 is 12.2 Å². The van der Waals surface area contributed by atoms with E-state index in [0.717, 1.165) is 45.1 Å². The van der Waals surface area contributed by atoms with E-state index in [-0.39, 0.29) is 12.5 Å². The summed E-state index contributed by atoms with van der Waals surface area (Å²) in [5, 5.41) is 19.8. The monoisotopic (exact) mass is 301 g/mol. The van der Waals surface area contributed by atoms with Crippen molar-refractivity contribution < 1.29 is 19.7 Å². The third-order valence-corrected chi connectivity index (χ3v) is 3.96. The molecule has 5 nitrogen and oxygen atoms in total. The van der Waals surface area contributed by atoms with Crippen molar-refractivity contribution in [1.29, 1.82) is 0 Å². The van der Waals surface area contributed by atoms with Crippen LogP contribution in [0, 0.1) is 0 Å². The molecule has 2 N–H and O–H groups in total. The van der Waals surface area contributed by atoms with E-state index in [9.17, 15) is 15.0 Å². The van der Waals surface area contributed by atoms with Crippen LogP contribution in [-0.2, 0) is 9.53 Å². The summed E-state index contributed by atoms with van der Waals surface area (Å²) in [5.41, 5.74) is 0. The summed E-state index contributed by atoms with van der Waals surface area (Å²) in [5.74, 6) is 0.155. The zero-order valence-electron chi connectivity index (χ0n) is 13.3. The number of aliphatic hydroxyl groups is 2. The second-order valence-electron chi connectivity index (χ2n) is 5.90. The Kier molecular flexibility index (Phi) is 9.63. The number of nitrogens with zero attached hydrogens (tertiary/aromatic N) is 1. The van der Waals surface area contributed by atoms with Crippen LogP contribution in [0.15, 0.2) is 0 Å². The first kappa shape index (κ1) is 18.4. The molecule has 1 heterocycles. The van der Waals surface area contributed by atoms with Crippen molar-refractivity contribution in [1.82, 2.24) is 4.90 Å². The fourth-order valence-corrected chi connectivity index (χ4v) is 2.57. The zero-order chi connectivity index (χ0) is 15.5. The van der Waals surface area contributed by atoms with Crippen LogP contribution < -0.4 is 0 Å². The predicted octanol–water partition coefficient (Wildman–Crippen LogP) is 1.71. The molecule has 21 heavy (non-hydrogen) atoms. The summed E-state index contributed by atoms with van der Waals surface area (Å²) in [6, 6.07) is 0. The highest BCUT2D eigenvalue weighted by Crippen LogP contribution is 2.10. The number of ether oxygens (including phenoxy) is 1. The number of carbonyl (C=O) groups excluding carboxylic acids is 1. The minimum atomic E-state index is -0.865. The van der Waals surface area contributed by atoms with Gasteiger partial charge in [0, 0.05) is 26.1 Å². The van der Waals surface area contributed by atoms with Crippen LogP contribution in [0.25, 0.3) is 0 Å². The van der Waals surface area contributed by atoms with Gasteiger partial charge in [0.2, 0.25) is 5.91 Å². The molecule has 124 valence electrons. The van der Waals surface area contributed by atoms with Crippen LogP contribution in [0.5, 0.6) is 0 Å². The molecule has 1 rings (SSSR count). The average Bonchev–Trinajstić information content (AvgIpc) is 2.47. The van der Waals surface area contributed by atoms with E-state index in [1.54, 1.807) is 0 Å². The van der Waals surface area contributed by atoms with E-state index in [1.807, 2.05) is 11.8 Å². The summed E-state index contributed by atoms with van der Waals surface area (Å²) in [6.45, 7) is 4.09. The number of aliphatic hydroxyl groups excluding tert-OH is 2. The molecule has 0 saturated carbocycles. The largest absolute Gasteiger partial charge is 0.390 e. The zero-order valence-corrected chi connectivity index (χ0v) is 13.3. The van der Waals surface area contributed by atoms with Gasteiger partial charge in [-0.05, 0) is 25.7 Å².